The Morgan fingerprint density at radius 1 is 0.905 bits per heavy atom. The average Bonchev–Trinajstić information content (AvgIpc) is 2.45. The maximum Gasteiger partial charge on any atom is 0.417 e. The molecule has 0 N–H and O–H groups in total. The van der Waals surface area contributed by atoms with Crippen LogP contribution in [0, 0.1) is 13.0 Å². The highest BCUT2D eigenvalue weighted by atomic mass is 19.4. The minimum absolute atomic E-state index is 0.204. The molecule has 0 unspecified atom stereocenters. The van der Waals surface area contributed by atoms with Gasteiger partial charge in [-0.1, -0.05) is 42.5 Å². The van der Waals surface area contributed by atoms with Crippen LogP contribution in [0.4, 0.5) is 13.2 Å². The summed E-state index contributed by atoms with van der Waals surface area (Å²) < 4.78 is 39.6. The lowest BCUT2D eigenvalue weighted by atomic mass is 9.93. The molecule has 0 heterocycles. The molecular formula is C18H12F3. The number of rotatable bonds is 1. The van der Waals surface area contributed by atoms with Gasteiger partial charge in [-0.25, -0.2) is 0 Å². The van der Waals surface area contributed by atoms with Crippen molar-refractivity contribution in [2.24, 2.45) is 0 Å². The van der Waals surface area contributed by atoms with Gasteiger partial charge in [-0.05, 0) is 52.6 Å². The van der Waals surface area contributed by atoms with Crippen molar-refractivity contribution in [3.05, 3.63) is 71.8 Å². The normalized spacial score (nSPS) is 11.8. The lowest BCUT2D eigenvalue weighted by Gasteiger charge is -2.15. The van der Waals surface area contributed by atoms with Gasteiger partial charge in [0.05, 0.1) is 5.56 Å². The zero-order valence-corrected chi connectivity index (χ0v) is 11.3. The van der Waals surface area contributed by atoms with E-state index in [1.165, 1.54) is 6.07 Å². The molecule has 0 amide bonds. The standard InChI is InChI=1S/C18H12F3/c1-12-5-4-8-16(18(19,20)21)17(12)15-10-9-13-6-2-3-7-14(13)11-15/h2-4,6-11H,1H3. The smallest absolute Gasteiger partial charge is 0.166 e. The molecule has 0 atom stereocenters. The predicted molar refractivity (Wildman–Crippen MR) is 78.0 cm³/mol. The minimum Gasteiger partial charge on any atom is -0.166 e. The largest absolute Gasteiger partial charge is 0.417 e. The highest BCUT2D eigenvalue weighted by Gasteiger charge is 2.34. The molecule has 3 aromatic rings. The number of halogens is 3. The molecular weight excluding hydrogens is 273 g/mol. The Kier molecular flexibility index (Phi) is 3.20. The molecule has 1 radical (unpaired) electrons. The molecule has 0 saturated heterocycles. The van der Waals surface area contributed by atoms with Crippen LogP contribution in [0.2, 0.25) is 0 Å². The van der Waals surface area contributed by atoms with E-state index in [-0.39, 0.29) is 5.56 Å². The van der Waals surface area contributed by atoms with Crippen LogP contribution in [0.15, 0.2) is 54.6 Å². The third kappa shape index (κ3) is 2.51. The monoisotopic (exact) mass is 285 g/mol. The fourth-order valence-corrected chi connectivity index (χ4v) is 2.56. The Bertz CT molecular complexity index is 801. The summed E-state index contributed by atoms with van der Waals surface area (Å²) >= 11 is 0. The molecule has 105 valence electrons. The average molecular weight is 285 g/mol. The van der Waals surface area contributed by atoms with Crippen LogP contribution in [0.5, 0.6) is 0 Å². The zero-order valence-electron chi connectivity index (χ0n) is 11.3. The lowest BCUT2D eigenvalue weighted by molar-refractivity contribution is -0.137. The number of fused-ring (bicyclic) bond motifs is 1. The second kappa shape index (κ2) is 4.92. The van der Waals surface area contributed by atoms with Crippen LogP contribution < -0.4 is 0 Å². The Balaban J connectivity index is 2.27. The van der Waals surface area contributed by atoms with E-state index in [1.54, 1.807) is 19.1 Å². The molecule has 0 nitrogen and oxygen atoms in total. The Labute approximate surface area is 120 Å². The summed E-state index contributed by atoms with van der Waals surface area (Å²) in [5, 5.41) is 1.93. The summed E-state index contributed by atoms with van der Waals surface area (Å²) in [6.45, 7) is 1.65. The van der Waals surface area contributed by atoms with Gasteiger partial charge in [0.2, 0.25) is 0 Å². The first kappa shape index (κ1) is 13.7. The first-order valence-corrected chi connectivity index (χ1v) is 6.54. The molecule has 21 heavy (non-hydrogen) atoms. The van der Waals surface area contributed by atoms with E-state index in [1.807, 2.05) is 30.3 Å². The van der Waals surface area contributed by atoms with Gasteiger partial charge in [-0.3, -0.25) is 0 Å². The van der Waals surface area contributed by atoms with Crippen molar-refractivity contribution in [2.45, 2.75) is 13.1 Å². The molecule has 0 saturated carbocycles. The van der Waals surface area contributed by atoms with Crippen LogP contribution in [0.25, 0.3) is 21.9 Å². The van der Waals surface area contributed by atoms with Crippen LogP contribution in [-0.4, -0.2) is 0 Å². The molecule has 0 spiro atoms. The summed E-state index contributed by atoms with van der Waals surface area (Å²) in [4.78, 5) is 0. The van der Waals surface area contributed by atoms with Gasteiger partial charge in [0.1, 0.15) is 0 Å². The van der Waals surface area contributed by atoms with Crippen molar-refractivity contribution < 1.29 is 13.2 Å². The number of benzene rings is 3. The van der Waals surface area contributed by atoms with Crippen molar-refractivity contribution in [3.8, 4) is 11.1 Å². The third-order valence-corrected chi connectivity index (χ3v) is 3.54. The number of hydrogen-bond acceptors (Lipinski definition) is 0. The van der Waals surface area contributed by atoms with Gasteiger partial charge in [-0.15, -0.1) is 0 Å². The summed E-state index contributed by atoms with van der Waals surface area (Å²) in [5.74, 6) is 0. The van der Waals surface area contributed by atoms with E-state index in [0.717, 1.165) is 16.8 Å². The molecule has 0 fully saturated rings. The van der Waals surface area contributed by atoms with E-state index in [9.17, 15) is 13.2 Å². The first-order valence-electron chi connectivity index (χ1n) is 6.54. The first-order chi connectivity index (χ1) is 9.97. The van der Waals surface area contributed by atoms with Gasteiger partial charge < -0.3 is 0 Å². The minimum atomic E-state index is -4.37. The maximum atomic E-state index is 13.2. The van der Waals surface area contributed by atoms with Gasteiger partial charge in [-0.2, -0.15) is 13.2 Å². The Hall–Kier alpha value is -2.29. The fraction of sp³-hybridized carbons (Fsp3) is 0.111. The Morgan fingerprint density at radius 3 is 2.33 bits per heavy atom. The molecule has 0 bridgehead atoms. The molecule has 0 aliphatic rings. The second-order valence-electron chi connectivity index (χ2n) is 4.95. The Morgan fingerprint density at radius 2 is 1.62 bits per heavy atom. The van der Waals surface area contributed by atoms with Crippen LogP contribution in [0.1, 0.15) is 11.1 Å². The molecule has 0 aliphatic carbocycles. The molecule has 3 rings (SSSR count). The SMILES string of the molecule is Cc1[c]ccc(C(F)(F)F)c1-c1ccc2ccccc2c1. The summed E-state index contributed by atoms with van der Waals surface area (Å²) in [6, 6.07) is 18.2. The number of alkyl halides is 3. The van der Waals surface area contributed by atoms with Crippen LogP contribution >= 0.6 is 0 Å². The van der Waals surface area contributed by atoms with Crippen molar-refractivity contribution in [1.29, 1.82) is 0 Å². The number of hydrogen-bond donors (Lipinski definition) is 0. The maximum absolute atomic E-state index is 13.2. The van der Waals surface area contributed by atoms with Crippen molar-refractivity contribution >= 4 is 10.8 Å². The molecule has 0 aliphatic heterocycles. The fourth-order valence-electron chi connectivity index (χ4n) is 2.56. The van der Waals surface area contributed by atoms with Crippen LogP contribution in [0.3, 0.4) is 0 Å². The van der Waals surface area contributed by atoms with Gasteiger partial charge in [0, 0.05) is 0 Å². The van der Waals surface area contributed by atoms with Gasteiger partial charge >= 0.3 is 6.18 Å². The zero-order chi connectivity index (χ0) is 15.0. The predicted octanol–water partition coefficient (Wildman–Crippen LogP) is 5.63. The van der Waals surface area contributed by atoms with E-state index in [0.29, 0.717) is 11.1 Å². The lowest BCUT2D eigenvalue weighted by Crippen LogP contribution is -2.08. The van der Waals surface area contributed by atoms with E-state index >= 15 is 0 Å². The highest BCUT2D eigenvalue weighted by Crippen LogP contribution is 2.39. The number of aryl methyl sites for hydroxylation is 1. The van der Waals surface area contributed by atoms with Gasteiger partial charge in [0.25, 0.3) is 0 Å². The molecule has 3 heteroatoms. The summed E-state index contributed by atoms with van der Waals surface area (Å²) in [7, 11) is 0. The van der Waals surface area contributed by atoms with E-state index in [2.05, 4.69) is 6.07 Å². The third-order valence-electron chi connectivity index (χ3n) is 3.54. The van der Waals surface area contributed by atoms with Crippen molar-refractivity contribution in [2.75, 3.05) is 0 Å². The highest BCUT2D eigenvalue weighted by molar-refractivity contribution is 5.88. The molecule has 0 aromatic heterocycles. The van der Waals surface area contributed by atoms with Crippen molar-refractivity contribution in [1.82, 2.24) is 0 Å². The van der Waals surface area contributed by atoms with Gasteiger partial charge in [0.15, 0.2) is 0 Å². The van der Waals surface area contributed by atoms with E-state index in [4.69, 9.17) is 0 Å². The summed E-state index contributed by atoms with van der Waals surface area (Å²) in [5.41, 5.74) is 0.653. The molecule has 3 aromatic carbocycles. The topological polar surface area (TPSA) is 0 Å². The summed E-state index contributed by atoms with van der Waals surface area (Å²) in [6.07, 6.45) is -4.37. The quantitative estimate of drug-likeness (QED) is 0.543. The van der Waals surface area contributed by atoms with Crippen molar-refractivity contribution in [3.63, 3.8) is 0 Å². The van der Waals surface area contributed by atoms with Crippen LogP contribution in [-0.2, 0) is 6.18 Å². The second-order valence-corrected chi connectivity index (χ2v) is 4.95. The van der Waals surface area contributed by atoms with E-state index < -0.39 is 11.7 Å².